The Morgan fingerprint density at radius 3 is 2.33 bits per heavy atom. The molecule has 4 rings (SSSR count). The molecule has 2 N–H and O–H groups in total. The summed E-state index contributed by atoms with van der Waals surface area (Å²) in [6, 6.07) is 20.2. The Labute approximate surface area is 249 Å². The van der Waals surface area contributed by atoms with Gasteiger partial charge < -0.3 is 19.5 Å². The minimum atomic E-state index is -1.48. The molecule has 0 radical (unpaired) electrons. The fraction of sp³-hybridized carbons (Fsp3) is 0.344. The number of aromatic nitrogens is 1. The van der Waals surface area contributed by atoms with Crippen LogP contribution in [0.4, 0.5) is 4.79 Å². The lowest BCUT2D eigenvalue weighted by atomic mass is 9.97. The van der Waals surface area contributed by atoms with E-state index < -0.39 is 27.5 Å². The quantitative estimate of drug-likeness (QED) is 0.268. The van der Waals surface area contributed by atoms with E-state index in [9.17, 15) is 14.4 Å². The molecule has 9 nitrogen and oxygen atoms in total. The van der Waals surface area contributed by atoms with Crippen LogP contribution in [0.15, 0.2) is 72.9 Å². The molecule has 1 saturated heterocycles. The van der Waals surface area contributed by atoms with Gasteiger partial charge in [0.25, 0.3) is 5.24 Å². The van der Waals surface area contributed by atoms with Crippen LogP contribution >= 0.6 is 11.8 Å². The standard InChI is InChI=1S/C32H35N3O6S/c1-21(41-28(36)31(2,3)4)24-12-13-25(34-19-24)16-17-39-26-14-10-22(11-15-26)18-32(27(33)35-30(38)42-32)29(37)40-20-23-8-6-5-7-9-23/h5-15,19,21H,16-18,20H2,1-4H3,(H2,33,35,38)/t21?,32-/m0/s1. The molecule has 1 fully saturated rings. The molecular weight excluding hydrogens is 554 g/mol. The van der Waals surface area contributed by atoms with Gasteiger partial charge in [-0.1, -0.05) is 48.5 Å². The predicted molar refractivity (Wildman–Crippen MR) is 160 cm³/mol. The molecule has 1 unspecified atom stereocenters. The zero-order chi connectivity index (χ0) is 30.3. The maximum atomic E-state index is 13.2. The van der Waals surface area contributed by atoms with Crippen LogP contribution in [-0.2, 0) is 38.5 Å². The van der Waals surface area contributed by atoms with Crippen molar-refractivity contribution >= 4 is 34.8 Å². The van der Waals surface area contributed by atoms with Crippen LogP contribution in [0.3, 0.4) is 0 Å². The monoisotopic (exact) mass is 589 g/mol. The number of carbonyl (C=O) groups excluding carboxylic acids is 3. The van der Waals surface area contributed by atoms with Gasteiger partial charge in [-0.3, -0.25) is 24.8 Å². The van der Waals surface area contributed by atoms with Crippen LogP contribution < -0.4 is 10.1 Å². The van der Waals surface area contributed by atoms with E-state index in [1.165, 1.54) is 0 Å². The number of nitrogens with zero attached hydrogens (tertiary/aromatic N) is 1. The number of ether oxygens (including phenoxy) is 3. The number of hydrogen-bond acceptors (Lipinski definition) is 9. The number of rotatable bonds is 11. The van der Waals surface area contributed by atoms with Crippen LogP contribution in [0.25, 0.3) is 0 Å². The molecule has 0 bridgehead atoms. The molecule has 10 heteroatoms. The second-order valence-electron chi connectivity index (χ2n) is 11.1. The molecule has 0 saturated carbocycles. The van der Waals surface area contributed by atoms with Crippen molar-refractivity contribution in [3.8, 4) is 5.75 Å². The van der Waals surface area contributed by atoms with Crippen molar-refractivity contribution in [3.05, 3.63) is 95.3 Å². The molecule has 1 aromatic heterocycles. The van der Waals surface area contributed by atoms with E-state index in [0.717, 1.165) is 34.1 Å². The highest BCUT2D eigenvalue weighted by Gasteiger charge is 2.52. The van der Waals surface area contributed by atoms with Gasteiger partial charge in [-0.05, 0) is 68.8 Å². The van der Waals surface area contributed by atoms with E-state index in [4.69, 9.17) is 19.6 Å². The van der Waals surface area contributed by atoms with E-state index in [0.29, 0.717) is 18.8 Å². The van der Waals surface area contributed by atoms with Crippen molar-refractivity contribution < 1.29 is 28.6 Å². The van der Waals surface area contributed by atoms with Crippen molar-refractivity contribution in [2.45, 2.75) is 58.0 Å². The molecule has 1 amide bonds. The van der Waals surface area contributed by atoms with Crippen molar-refractivity contribution in [3.63, 3.8) is 0 Å². The molecule has 1 aliphatic heterocycles. The summed E-state index contributed by atoms with van der Waals surface area (Å²) in [7, 11) is 0. The number of carbonyl (C=O) groups is 3. The highest BCUT2D eigenvalue weighted by Crippen LogP contribution is 2.37. The molecule has 2 atom stereocenters. The SMILES string of the molecule is CC(OC(=O)C(C)(C)C)c1ccc(CCOc2ccc(C[C@]3(C(=O)OCc4ccccc4)SC(=O)NC3=N)cc2)nc1. The number of hydrogen-bond donors (Lipinski definition) is 2. The fourth-order valence-corrected chi connectivity index (χ4v) is 5.12. The number of esters is 2. The van der Waals surface area contributed by atoms with Gasteiger partial charge in [0, 0.05) is 30.3 Å². The molecular formula is C32H35N3O6S. The van der Waals surface area contributed by atoms with Gasteiger partial charge >= 0.3 is 11.9 Å². The van der Waals surface area contributed by atoms with Gasteiger partial charge in [-0.25, -0.2) is 0 Å². The number of benzene rings is 2. The highest BCUT2D eigenvalue weighted by molar-refractivity contribution is 8.16. The first-order valence-electron chi connectivity index (χ1n) is 13.6. The third-order valence-electron chi connectivity index (χ3n) is 6.66. The molecule has 42 heavy (non-hydrogen) atoms. The Morgan fingerprint density at radius 2 is 1.74 bits per heavy atom. The lowest BCUT2D eigenvalue weighted by molar-refractivity contribution is -0.158. The summed E-state index contributed by atoms with van der Waals surface area (Å²) in [5.41, 5.74) is 2.67. The molecule has 0 aliphatic carbocycles. The zero-order valence-electron chi connectivity index (χ0n) is 24.1. The number of amidine groups is 1. The van der Waals surface area contributed by atoms with Crippen LogP contribution in [0.5, 0.6) is 5.75 Å². The Hall–Kier alpha value is -4.18. The van der Waals surface area contributed by atoms with E-state index >= 15 is 0 Å². The Kier molecular flexibility index (Phi) is 9.67. The van der Waals surface area contributed by atoms with Gasteiger partial charge in [0.2, 0.25) is 0 Å². The first-order valence-corrected chi connectivity index (χ1v) is 14.5. The molecule has 2 aromatic carbocycles. The molecule has 3 aromatic rings. The number of amides is 1. The molecule has 0 spiro atoms. The first kappa shape index (κ1) is 30.8. The minimum absolute atomic E-state index is 0.0531. The molecule has 220 valence electrons. The molecule has 2 heterocycles. The number of thioether (sulfide) groups is 1. The smallest absolute Gasteiger partial charge is 0.331 e. The average molecular weight is 590 g/mol. The summed E-state index contributed by atoms with van der Waals surface area (Å²) in [5.74, 6) is -0.444. The zero-order valence-corrected chi connectivity index (χ0v) is 25.0. The summed E-state index contributed by atoms with van der Waals surface area (Å²) in [4.78, 5) is 41.9. The van der Waals surface area contributed by atoms with Crippen LogP contribution in [-0.4, -0.2) is 39.4 Å². The normalized spacial score (nSPS) is 17.3. The summed E-state index contributed by atoms with van der Waals surface area (Å²) < 4.78 is 15.5. The Morgan fingerprint density at radius 1 is 1.02 bits per heavy atom. The van der Waals surface area contributed by atoms with E-state index in [1.54, 1.807) is 18.3 Å². The van der Waals surface area contributed by atoms with E-state index in [1.807, 2.05) is 82.3 Å². The van der Waals surface area contributed by atoms with Crippen LogP contribution in [0.1, 0.15) is 56.2 Å². The second kappa shape index (κ2) is 13.2. The minimum Gasteiger partial charge on any atom is -0.493 e. The summed E-state index contributed by atoms with van der Waals surface area (Å²) in [5, 5.41) is 10.3. The summed E-state index contributed by atoms with van der Waals surface area (Å²) >= 11 is 0.769. The third kappa shape index (κ3) is 7.76. The second-order valence-corrected chi connectivity index (χ2v) is 12.3. The summed E-state index contributed by atoms with van der Waals surface area (Å²) in [6.45, 7) is 7.73. The topological polar surface area (TPSA) is 128 Å². The van der Waals surface area contributed by atoms with Gasteiger partial charge in [0.1, 0.15) is 24.3 Å². The van der Waals surface area contributed by atoms with Crippen molar-refractivity contribution in [1.29, 1.82) is 5.41 Å². The maximum Gasteiger partial charge on any atom is 0.331 e. The predicted octanol–water partition coefficient (Wildman–Crippen LogP) is 5.81. The fourth-order valence-electron chi connectivity index (χ4n) is 4.11. The first-order chi connectivity index (χ1) is 20.0. The van der Waals surface area contributed by atoms with Crippen LogP contribution in [0.2, 0.25) is 0 Å². The van der Waals surface area contributed by atoms with E-state index in [2.05, 4.69) is 10.3 Å². The Bertz CT molecular complexity index is 1420. The van der Waals surface area contributed by atoms with Crippen LogP contribution in [0, 0.1) is 10.8 Å². The van der Waals surface area contributed by atoms with Gasteiger partial charge in [-0.2, -0.15) is 0 Å². The van der Waals surface area contributed by atoms with Crippen molar-refractivity contribution in [1.82, 2.24) is 10.3 Å². The van der Waals surface area contributed by atoms with Crippen molar-refractivity contribution in [2.24, 2.45) is 5.41 Å². The largest absolute Gasteiger partial charge is 0.493 e. The lowest BCUT2D eigenvalue weighted by Gasteiger charge is -2.24. The maximum absolute atomic E-state index is 13.2. The summed E-state index contributed by atoms with van der Waals surface area (Å²) in [6.07, 6.45) is 2.01. The number of pyridine rings is 1. The highest BCUT2D eigenvalue weighted by atomic mass is 32.2. The third-order valence-corrected chi connectivity index (χ3v) is 7.81. The lowest BCUT2D eigenvalue weighted by Crippen LogP contribution is -2.46. The number of nitrogens with one attached hydrogen (secondary N) is 2. The Balaban J connectivity index is 1.31. The molecule has 1 aliphatic rings. The average Bonchev–Trinajstić information content (AvgIpc) is 3.26. The van der Waals surface area contributed by atoms with Gasteiger partial charge in [0.05, 0.1) is 12.0 Å². The van der Waals surface area contributed by atoms with Gasteiger partial charge in [-0.15, -0.1) is 0 Å². The van der Waals surface area contributed by atoms with Gasteiger partial charge in [0.15, 0.2) is 4.75 Å². The van der Waals surface area contributed by atoms with Crippen molar-refractivity contribution in [2.75, 3.05) is 6.61 Å². The van der Waals surface area contributed by atoms with E-state index in [-0.39, 0.29) is 24.8 Å².